The van der Waals surface area contributed by atoms with Crippen LogP contribution in [0.15, 0.2) is 23.1 Å². The first-order chi connectivity index (χ1) is 10.9. The molecule has 0 saturated carbocycles. The molecule has 0 aliphatic heterocycles. The fraction of sp³-hybridized carbons (Fsp3) is 0.533. The zero-order valence-electron chi connectivity index (χ0n) is 13.7. The predicted molar refractivity (Wildman–Crippen MR) is 86.8 cm³/mol. The van der Waals surface area contributed by atoms with Gasteiger partial charge in [-0.2, -0.15) is 0 Å². The highest BCUT2D eigenvalue weighted by molar-refractivity contribution is 7.89. The molecule has 2 N–H and O–H groups in total. The molecular formula is C15H24N2O5S. The van der Waals surface area contributed by atoms with Crippen molar-refractivity contribution in [2.75, 3.05) is 40.0 Å². The van der Waals surface area contributed by atoms with E-state index in [2.05, 4.69) is 10.0 Å². The highest BCUT2D eigenvalue weighted by Crippen LogP contribution is 2.14. The van der Waals surface area contributed by atoms with E-state index < -0.39 is 10.0 Å². The molecule has 1 aromatic rings. The monoisotopic (exact) mass is 344 g/mol. The number of carbonyl (C=O) groups is 1. The third-order valence-electron chi connectivity index (χ3n) is 3.19. The van der Waals surface area contributed by atoms with Gasteiger partial charge in [0.15, 0.2) is 0 Å². The van der Waals surface area contributed by atoms with Gasteiger partial charge in [-0.05, 0) is 37.1 Å². The van der Waals surface area contributed by atoms with E-state index in [1.807, 2.05) is 13.8 Å². The van der Waals surface area contributed by atoms with Crippen LogP contribution < -0.4 is 10.0 Å². The summed E-state index contributed by atoms with van der Waals surface area (Å²) in [6.45, 7) is 4.76. The van der Waals surface area contributed by atoms with Gasteiger partial charge in [-0.1, -0.05) is 6.07 Å². The SMILES string of the molecule is COCCOCC(=O)NCCNS(=O)(=O)c1ccc(C)c(C)c1. The van der Waals surface area contributed by atoms with Crippen LogP contribution in [0.25, 0.3) is 0 Å². The molecule has 0 atom stereocenters. The third kappa shape index (κ3) is 7.08. The number of aryl methyl sites for hydroxylation is 2. The molecule has 7 nitrogen and oxygen atoms in total. The minimum atomic E-state index is -3.57. The van der Waals surface area contributed by atoms with Crippen molar-refractivity contribution in [3.05, 3.63) is 29.3 Å². The minimum absolute atomic E-state index is 0.0761. The number of hydrogen-bond acceptors (Lipinski definition) is 5. The molecule has 1 aromatic carbocycles. The van der Waals surface area contributed by atoms with E-state index in [0.29, 0.717) is 13.2 Å². The van der Waals surface area contributed by atoms with Crippen LogP contribution in [0, 0.1) is 13.8 Å². The van der Waals surface area contributed by atoms with Gasteiger partial charge in [-0.25, -0.2) is 13.1 Å². The molecule has 1 rings (SSSR count). The Balaban J connectivity index is 2.34. The Kier molecular flexibility index (Phi) is 8.18. The average molecular weight is 344 g/mol. The molecule has 23 heavy (non-hydrogen) atoms. The summed E-state index contributed by atoms with van der Waals surface area (Å²) in [5.41, 5.74) is 1.94. The Morgan fingerprint density at radius 2 is 1.87 bits per heavy atom. The molecule has 1 amide bonds. The van der Waals surface area contributed by atoms with E-state index in [1.54, 1.807) is 25.3 Å². The Bertz CT molecular complexity index is 616. The first-order valence-electron chi connectivity index (χ1n) is 7.27. The Morgan fingerprint density at radius 3 is 2.52 bits per heavy atom. The summed E-state index contributed by atoms with van der Waals surface area (Å²) in [6.07, 6.45) is 0. The summed E-state index contributed by atoms with van der Waals surface area (Å²) in [5, 5.41) is 2.57. The number of amides is 1. The van der Waals surface area contributed by atoms with E-state index >= 15 is 0 Å². The van der Waals surface area contributed by atoms with E-state index in [-0.39, 0.29) is 30.5 Å². The topological polar surface area (TPSA) is 93.7 Å². The van der Waals surface area contributed by atoms with Crippen molar-refractivity contribution in [2.45, 2.75) is 18.7 Å². The van der Waals surface area contributed by atoms with Crippen LogP contribution in [0.1, 0.15) is 11.1 Å². The molecular weight excluding hydrogens is 320 g/mol. The van der Waals surface area contributed by atoms with Crippen LogP contribution in [-0.2, 0) is 24.3 Å². The zero-order chi connectivity index (χ0) is 17.3. The smallest absolute Gasteiger partial charge is 0.246 e. The number of carbonyl (C=O) groups excluding carboxylic acids is 1. The maximum absolute atomic E-state index is 12.1. The molecule has 0 aliphatic carbocycles. The summed E-state index contributed by atoms with van der Waals surface area (Å²) in [6, 6.07) is 4.95. The van der Waals surface area contributed by atoms with E-state index in [9.17, 15) is 13.2 Å². The van der Waals surface area contributed by atoms with Crippen LogP contribution in [0.5, 0.6) is 0 Å². The summed E-state index contributed by atoms with van der Waals surface area (Å²) >= 11 is 0. The Morgan fingerprint density at radius 1 is 1.13 bits per heavy atom. The van der Waals surface area contributed by atoms with Gasteiger partial charge in [0, 0.05) is 20.2 Å². The molecule has 0 bridgehead atoms. The first kappa shape index (κ1) is 19.6. The lowest BCUT2D eigenvalue weighted by molar-refractivity contribution is -0.126. The van der Waals surface area contributed by atoms with E-state index in [1.165, 1.54) is 0 Å². The number of nitrogens with one attached hydrogen (secondary N) is 2. The van der Waals surface area contributed by atoms with Crippen molar-refractivity contribution in [2.24, 2.45) is 0 Å². The van der Waals surface area contributed by atoms with Crippen molar-refractivity contribution >= 4 is 15.9 Å². The fourth-order valence-electron chi connectivity index (χ4n) is 1.71. The molecule has 8 heteroatoms. The summed E-state index contributed by atoms with van der Waals surface area (Å²) in [7, 11) is -2.02. The van der Waals surface area contributed by atoms with Crippen LogP contribution in [0.4, 0.5) is 0 Å². The van der Waals surface area contributed by atoms with Crippen molar-refractivity contribution in [1.29, 1.82) is 0 Å². The lowest BCUT2D eigenvalue weighted by Crippen LogP contribution is -2.36. The van der Waals surface area contributed by atoms with Gasteiger partial charge in [0.05, 0.1) is 18.1 Å². The van der Waals surface area contributed by atoms with Gasteiger partial charge >= 0.3 is 0 Å². The van der Waals surface area contributed by atoms with E-state index in [4.69, 9.17) is 9.47 Å². The van der Waals surface area contributed by atoms with Crippen molar-refractivity contribution < 1.29 is 22.7 Å². The molecule has 130 valence electrons. The largest absolute Gasteiger partial charge is 0.382 e. The summed E-state index contributed by atoms with van der Waals surface area (Å²) < 4.78 is 36.5. The molecule has 0 radical (unpaired) electrons. The lowest BCUT2D eigenvalue weighted by Gasteiger charge is -2.09. The standard InChI is InChI=1S/C15H24N2O5S/c1-12-4-5-14(10-13(12)2)23(19,20)17-7-6-16-15(18)11-22-9-8-21-3/h4-5,10,17H,6-9,11H2,1-3H3,(H,16,18). The van der Waals surface area contributed by atoms with Crippen LogP contribution in [0.2, 0.25) is 0 Å². The first-order valence-corrected chi connectivity index (χ1v) is 8.75. The molecule has 0 heterocycles. The lowest BCUT2D eigenvalue weighted by atomic mass is 10.1. The minimum Gasteiger partial charge on any atom is -0.382 e. The summed E-state index contributed by atoms with van der Waals surface area (Å²) in [4.78, 5) is 11.6. The second-order valence-electron chi connectivity index (χ2n) is 5.04. The quantitative estimate of drug-likeness (QED) is 0.598. The Hall–Kier alpha value is -1.48. The van der Waals surface area contributed by atoms with Gasteiger partial charge in [-0.3, -0.25) is 4.79 Å². The van der Waals surface area contributed by atoms with E-state index in [0.717, 1.165) is 11.1 Å². The maximum atomic E-state index is 12.1. The van der Waals surface area contributed by atoms with Crippen molar-refractivity contribution in [1.82, 2.24) is 10.0 Å². The number of hydrogen-bond donors (Lipinski definition) is 2. The van der Waals surface area contributed by atoms with Gasteiger partial charge < -0.3 is 14.8 Å². The molecule has 0 unspecified atom stereocenters. The van der Waals surface area contributed by atoms with Gasteiger partial charge in [0.1, 0.15) is 6.61 Å². The van der Waals surface area contributed by atoms with Crippen LogP contribution >= 0.6 is 0 Å². The molecule has 0 aromatic heterocycles. The van der Waals surface area contributed by atoms with Crippen molar-refractivity contribution in [3.8, 4) is 0 Å². The number of ether oxygens (including phenoxy) is 2. The molecule has 0 spiro atoms. The molecule has 0 saturated heterocycles. The number of sulfonamides is 1. The van der Waals surface area contributed by atoms with Gasteiger partial charge in [0.25, 0.3) is 0 Å². The van der Waals surface area contributed by atoms with Gasteiger partial charge in [0.2, 0.25) is 15.9 Å². The molecule has 0 aliphatic rings. The highest BCUT2D eigenvalue weighted by Gasteiger charge is 2.14. The predicted octanol–water partition coefficient (Wildman–Crippen LogP) is 0.361. The summed E-state index contributed by atoms with van der Waals surface area (Å²) in [5.74, 6) is -0.300. The fourth-order valence-corrected chi connectivity index (χ4v) is 2.83. The number of benzene rings is 1. The normalized spacial score (nSPS) is 11.4. The second-order valence-corrected chi connectivity index (χ2v) is 6.81. The second kappa shape index (κ2) is 9.61. The maximum Gasteiger partial charge on any atom is 0.246 e. The zero-order valence-corrected chi connectivity index (χ0v) is 14.5. The van der Waals surface area contributed by atoms with Crippen LogP contribution in [0.3, 0.4) is 0 Å². The highest BCUT2D eigenvalue weighted by atomic mass is 32.2. The number of rotatable bonds is 10. The molecule has 0 fully saturated rings. The van der Waals surface area contributed by atoms with Gasteiger partial charge in [-0.15, -0.1) is 0 Å². The van der Waals surface area contributed by atoms with Crippen molar-refractivity contribution in [3.63, 3.8) is 0 Å². The number of methoxy groups -OCH3 is 1. The average Bonchev–Trinajstić information content (AvgIpc) is 2.51. The Labute approximate surface area is 137 Å². The third-order valence-corrected chi connectivity index (χ3v) is 4.65. The van der Waals surface area contributed by atoms with Crippen LogP contribution in [-0.4, -0.2) is 54.3 Å².